The molecule has 0 heterocycles. The summed E-state index contributed by atoms with van der Waals surface area (Å²) in [6.07, 6.45) is 7.32. The number of carboxylic acid groups (broad SMARTS) is 1. The molecule has 0 saturated carbocycles. The minimum absolute atomic E-state index is 0.0465. The van der Waals surface area contributed by atoms with Gasteiger partial charge in [-0.1, -0.05) is 62.4 Å². The molecule has 0 saturated heterocycles. The second-order valence-electron chi connectivity index (χ2n) is 11.7. The lowest BCUT2D eigenvalue weighted by molar-refractivity contribution is -0.139. The number of benzene rings is 2. The van der Waals surface area contributed by atoms with Crippen LogP contribution in [0.1, 0.15) is 75.8 Å². The van der Waals surface area contributed by atoms with Crippen LogP contribution in [-0.2, 0) is 14.3 Å². The van der Waals surface area contributed by atoms with E-state index in [1.54, 1.807) is 0 Å². The first-order valence-electron chi connectivity index (χ1n) is 14.4. The number of aliphatic imine (C=N–C) groups is 1. The molecule has 220 valence electrons. The van der Waals surface area contributed by atoms with E-state index in [9.17, 15) is 24.6 Å². The summed E-state index contributed by atoms with van der Waals surface area (Å²) >= 11 is 0. The molecule has 8 nitrogen and oxygen atoms in total. The Hall–Kier alpha value is -4.38. The second kappa shape index (κ2) is 13.5. The normalized spacial score (nSPS) is 16.8. The summed E-state index contributed by atoms with van der Waals surface area (Å²) in [6, 6.07) is 14.9. The molecular formula is C34H38N2O6. The molecule has 2 aliphatic carbocycles. The van der Waals surface area contributed by atoms with Crippen molar-refractivity contribution in [2.45, 2.75) is 70.8 Å². The smallest absolute Gasteiger partial charge is 0.407 e. The maximum absolute atomic E-state index is 12.8. The number of amides is 1. The molecule has 2 aliphatic rings. The van der Waals surface area contributed by atoms with Crippen LogP contribution in [0.15, 0.2) is 64.9 Å². The van der Waals surface area contributed by atoms with Crippen molar-refractivity contribution in [2.75, 3.05) is 13.2 Å². The predicted molar refractivity (Wildman–Crippen MR) is 162 cm³/mol. The van der Waals surface area contributed by atoms with Gasteiger partial charge in [-0.25, -0.2) is 9.59 Å². The number of fused-ring (bicyclic) bond motifs is 3. The molecule has 4 rings (SSSR count). The third-order valence-electron chi connectivity index (χ3n) is 7.78. The van der Waals surface area contributed by atoms with Crippen LogP contribution in [0.4, 0.5) is 4.79 Å². The Morgan fingerprint density at radius 1 is 1.10 bits per heavy atom. The Morgan fingerprint density at radius 2 is 1.74 bits per heavy atom. The van der Waals surface area contributed by atoms with Crippen molar-refractivity contribution in [1.82, 2.24) is 5.32 Å². The lowest BCUT2D eigenvalue weighted by Gasteiger charge is -2.30. The summed E-state index contributed by atoms with van der Waals surface area (Å²) in [6.45, 7) is 4.31. The highest BCUT2D eigenvalue weighted by Gasteiger charge is 2.35. The number of hydrogen-bond donors (Lipinski definition) is 3. The number of allylic oxidation sites excluding steroid dienone is 2. The van der Waals surface area contributed by atoms with Crippen LogP contribution < -0.4 is 5.32 Å². The number of carbonyl (C=O) groups excluding carboxylic acids is 2. The molecule has 2 aromatic carbocycles. The SMILES string of the molecule is C#CCCC(=NCCCC[C@H](NC(=O)OCC1c2ccccc2-c2ccccc21)C(=O)O)C1=C(O)CC(C)(C)CC1=O. The average molecular weight is 571 g/mol. The molecule has 3 N–H and O–H groups in total. The van der Waals surface area contributed by atoms with Gasteiger partial charge in [-0.2, -0.15) is 0 Å². The number of ether oxygens (including phenoxy) is 1. The number of nitrogens with zero attached hydrogens (tertiary/aromatic N) is 1. The Balaban J connectivity index is 1.30. The van der Waals surface area contributed by atoms with Crippen LogP contribution >= 0.6 is 0 Å². The van der Waals surface area contributed by atoms with Gasteiger partial charge in [0.1, 0.15) is 18.4 Å². The highest BCUT2D eigenvalue weighted by molar-refractivity contribution is 6.23. The van der Waals surface area contributed by atoms with Crippen LogP contribution in [0.25, 0.3) is 11.1 Å². The van der Waals surface area contributed by atoms with Gasteiger partial charge in [0.15, 0.2) is 5.78 Å². The zero-order valence-electron chi connectivity index (χ0n) is 24.2. The average Bonchev–Trinajstić information content (AvgIpc) is 3.26. The number of aliphatic hydroxyl groups is 1. The van der Waals surface area contributed by atoms with E-state index in [1.165, 1.54) is 0 Å². The predicted octanol–water partition coefficient (Wildman–Crippen LogP) is 6.20. The van der Waals surface area contributed by atoms with E-state index in [0.717, 1.165) is 22.3 Å². The Labute approximate surface area is 246 Å². The molecule has 0 radical (unpaired) electrons. The van der Waals surface area contributed by atoms with Gasteiger partial charge in [0.2, 0.25) is 0 Å². The number of ketones is 1. The fourth-order valence-corrected chi connectivity index (χ4v) is 5.80. The van der Waals surface area contributed by atoms with Gasteiger partial charge in [0, 0.05) is 43.9 Å². The van der Waals surface area contributed by atoms with Crippen LogP contribution in [-0.4, -0.2) is 53.0 Å². The van der Waals surface area contributed by atoms with Crippen molar-refractivity contribution in [2.24, 2.45) is 10.4 Å². The summed E-state index contributed by atoms with van der Waals surface area (Å²) in [5.41, 5.74) is 4.82. The van der Waals surface area contributed by atoms with Crippen molar-refractivity contribution in [1.29, 1.82) is 0 Å². The molecule has 42 heavy (non-hydrogen) atoms. The second-order valence-corrected chi connectivity index (χ2v) is 11.7. The van der Waals surface area contributed by atoms with Gasteiger partial charge in [-0.15, -0.1) is 12.3 Å². The first kappa shape index (κ1) is 30.6. The van der Waals surface area contributed by atoms with Gasteiger partial charge in [-0.3, -0.25) is 9.79 Å². The van der Waals surface area contributed by atoms with E-state index in [4.69, 9.17) is 11.2 Å². The van der Waals surface area contributed by atoms with E-state index in [2.05, 4.69) is 16.2 Å². The molecule has 0 bridgehead atoms. The molecule has 1 atom stereocenters. The van der Waals surface area contributed by atoms with Crippen molar-refractivity contribution < 1.29 is 29.3 Å². The largest absolute Gasteiger partial charge is 0.511 e. The summed E-state index contributed by atoms with van der Waals surface area (Å²) < 4.78 is 5.51. The minimum atomic E-state index is -1.15. The molecule has 0 unspecified atom stereocenters. The maximum Gasteiger partial charge on any atom is 0.407 e. The van der Waals surface area contributed by atoms with Gasteiger partial charge in [0.25, 0.3) is 0 Å². The van der Waals surface area contributed by atoms with Crippen molar-refractivity contribution >= 4 is 23.6 Å². The highest BCUT2D eigenvalue weighted by Crippen LogP contribution is 2.44. The van der Waals surface area contributed by atoms with Crippen molar-refractivity contribution in [3.63, 3.8) is 0 Å². The summed E-state index contributed by atoms with van der Waals surface area (Å²) in [5.74, 6) is 1.19. The molecule has 0 aromatic heterocycles. The summed E-state index contributed by atoms with van der Waals surface area (Å²) in [4.78, 5) is 41.8. The van der Waals surface area contributed by atoms with Crippen LogP contribution in [0.5, 0.6) is 0 Å². The van der Waals surface area contributed by atoms with E-state index < -0.39 is 18.1 Å². The highest BCUT2D eigenvalue weighted by atomic mass is 16.5. The molecule has 0 fully saturated rings. The monoisotopic (exact) mass is 570 g/mol. The third kappa shape index (κ3) is 7.27. The standard InChI is InChI=1S/C34H38N2O6/c1-4-5-16-27(31-29(37)19-34(2,3)20-30(31)38)35-18-11-10-17-28(32(39)40)36-33(41)42-21-26-24-14-8-6-12-22(24)23-13-7-9-15-25(23)26/h1,6-9,12-15,26,28,37H,5,10-11,16-21H2,2-3H3,(H,36,41)(H,39,40)/t28-/m0/s1. The number of nitrogens with one attached hydrogen (secondary N) is 1. The van der Waals surface area contributed by atoms with E-state index in [0.29, 0.717) is 50.8 Å². The number of carboxylic acids is 1. The molecule has 2 aromatic rings. The zero-order chi connectivity index (χ0) is 30.3. The van der Waals surface area contributed by atoms with Gasteiger partial charge >= 0.3 is 12.1 Å². The number of alkyl carbamates (subject to hydrolysis) is 1. The van der Waals surface area contributed by atoms with E-state index in [1.807, 2.05) is 62.4 Å². The number of terminal acetylenes is 1. The quantitative estimate of drug-likeness (QED) is 0.158. The van der Waals surface area contributed by atoms with E-state index >= 15 is 0 Å². The molecule has 8 heteroatoms. The fraction of sp³-hybridized carbons (Fsp3) is 0.412. The number of hydrogen-bond acceptors (Lipinski definition) is 6. The van der Waals surface area contributed by atoms with Crippen molar-refractivity contribution in [3.05, 3.63) is 71.0 Å². The number of aliphatic carboxylic acids is 1. The summed E-state index contributed by atoms with van der Waals surface area (Å²) in [5, 5.41) is 22.8. The van der Waals surface area contributed by atoms with Crippen molar-refractivity contribution in [3.8, 4) is 23.5 Å². The number of aliphatic hydroxyl groups excluding tert-OH is 1. The molecule has 0 spiro atoms. The summed E-state index contributed by atoms with van der Waals surface area (Å²) in [7, 11) is 0. The van der Waals surface area contributed by atoms with Crippen LogP contribution in [0.2, 0.25) is 0 Å². The number of carbonyl (C=O) groups is 3. The van der Waals surface area contributed by atoms with Gasteiger partial charge in [-0.05, 0) is 46.9 Å². The first-order chi connectivity index (χ1) is 20.1. The third-order valence-corrected chi connectivity index (χ3v) is 7.78. The Morgan fingerprint density at radius 3 is 2.33 bits per heavy atom. The number of Topliss-reactive ketones (excluding diaryl/α,β-unsaturated/α-hetero) is 1. The topological polar surface area (TPSA) is 125 Å². The molecule has 0 aliphatic heterocycles. The first-order valence-corrected chi connectivity index (χ1v) is 14.4. The van der Waals surface area contributed by atoms with Crippen LogP contribution in [0, 0.1) is 17.8 Å². The lowest BCUT2D eigenvalue weighted by Crippen LogP contribution is -2.41. The molecular weight excluding hydrogens is 532 g/mol. The Kier molecular flexibility index (Phi) is 9.84. The maximum atomic E-state index is 12.8. The minimum Gasteiger partial charge on any atom is -0.511 e. The zero-order valence-corrected chi connectivity index (χ0v) is 24.2. The van der Waals surface area contributed by atoms with E-state index in [-0.39, 0.29) is 41.5 Å². The van der Waals surface area contributed by atoms with Crippen LogP contribution in [0.3, 0.4) is 0 Å². The Bertz CT molecular complexity index is 1400. The lowest BCUT2D eigenvalue weighted by atomic mass is 9.75. The number of unbranched alkanes of at least 4 members (excludes halogenated alkanes) is 1. The molecule has 1 amide bonds. The van der Waals surface area contributed by atoms with Gasteiger partial charge in [0.05, 0.1) is 5.57 Å². The van der Waals surface area contributed by atoms with Gasteiger partial charge < -0.3 is 20.3 Å². The number of rotatable bonds is 12. The fourth-order valence-electron chi connectivity index (χ4n) is 5.80.